The van der Waals surface area contributed by atoms with Crippen LogP contribution in [0.5, 0.6) is 0 Å². The van der Waals surface area contributed by atoms with Crippen molar-refractivity contribution < 1.29 is 0 Å². The second-order valence-corrected chi connectivity index (χ2v) is 8.05. The summed E-state index contributed by atoms with van der Waals surface area (Å²) in [5, 5.41) is 0. The molecule has 0 aliphatic carbocycles. The number of rotatable bonds is 3. The van der Waals surface area contributed by atoms with Gasteiger partial charge in [0.1, 0.15) is 0 Å². The Balaban J connectivity index is 2.72. The highest BCUT2D eigenvalue weighted by Gasteiger charge is 2.41. The van der Waals surface area contributed by atoms with Crippen molar-refractivity contribution in [3.05, 3.63) is 12.2 Å². The third-order valence-corrected chi connectivity index (χ3v) is 6.81. The predicted octanol–water partition coefficient (Wildman–Crippen LogP) is 4.57. The topological polar surface area (TPSA) is 0 Å². The average Bonchev–Trinajstić information content (AvgIpc) is 2.24. The fraction of sp³-hybridized carbons (Fsp3) is 0.714. The molecule has 0 bridgehead atoms. The minimum atomic E-state index is 0.250. The van der Waals surface area contributed by atoms with Crippen LogP contribution in [0.25, 0.3) is 0 Å². The third kappa shape index (κ3) is 3.50. The Morgan fingerprint density at radius 1 is 1.31 bits per heavy atom. The van der Waals surface area contributed by atoms with E-state index in [1.54, 1.807) is 0 Å². The van der Waals surface area contributed by atoms with E-state index in [9.17, 15) is 0 Å². The minimum absolute atomic E-state index is 0.250. The molecule has 0 amide bonds. The maximum atomic E-state index is 5.27. The maximum Gasteiger partial charge on any atom is 0.0839 e. The normalized spacial score (nSPS) is 20.9. The Morgan fingerprint density at radius 3 is 2.44 bits per heavy atom. The first-order valence-electron chi connectivity index (χ1n) is 5.91. The van der Waals surface area contributed by atoms with Crippen molar-refractivity contribution in [1.82, 2.24) is 0 Å². The molecule has 1 saturated heterocycles. The highest BCUT2D eigenvalue weighted by atomic mass is 32.2. The van der Waals surface area contributed by atoms with Crippen LogP contribution in [0.3, 0.4) is 0 Å². The van der Waals surface area contributed by atoms with Gasteiger partial charge in [-0.25, -0.2) is 0 Å². The van der Waals surface area contributed by atoms with Crippen LogP contribution in [0.15, 0.2) is 12.2 Å². The standard InChI is InChI=1S/C14H22S2/c1-5-6-7-8-10-14(13(2,3)4)15-11-9-12-16-14/h1,8,10H,6-7,9,11-12H2,2-4H3. The lowest BCUT2D eigenvalue weighted by Crippen LogP contribution is -2.37. The number of unbranched alkanes of at least 4 members (excludes halogenated alkanes) is 1. The second-order valence-electron chi connectivity index (χ2n) is 5.11. The van der Waals surface area contributed by atoms with E-state index >= 15 is 0 Å². The molecule has 90 valence electrons. The summed E-state index contributed by atoms with van der Waals surface area (Å²) in [5.74, 6) is 5.25. The summed E-state index contributed by atoms with van der Waals surface area (Å²) in [4.78, 5) is 0. The molecule has 1 heterocycles. The number of thioether (sulfide) groups is 2. The van der Waals surface area contributed by atoms with Crippen LogP contribution in [-0.4, -0.2) is 15.6 Å². The van der Waals surface area contributed by atoms with Gasteiger partial charge in [0.2, 0.25) is 0 Å². The fourth-order valence-corrected chi connectivity index (χ4v) is 5.18. The van der Waals surface area contributed by atoms with Gasteiger partial charge in [0.05, 0.1) is 4.08 Å². The first kappa shape index (κ1) is 14.1. The van der Waals surface area contributed by atoms with Crippen LogP contribution in [-0.2, 0) is 0 Å². The quantitative estimate of drug-likeness (QED) is 0.411. The molecule has 1 rings (SSSR count). The van der Waals surface area contributed by atoms with E-state index < -0.39 is 0 Å². The predicted molar refractivity (Wildman–Crippen MR) is 78.9 cm³/mol. The summed E-state index contributed by atoms with van der Waals surface area (Å²) < 4.78 is 0.250. The summed E-state index contributed by atoms with van der Waals surface area (Å²) >= 11 is 4.20. The molecule has 2 heteroatoms. The molecule has 0 radical (unpaired) electrons. The summed E-state index contributed by atoms with van der Waals surface area (Å²) in [6.07, 6.45) is 13.1. The van der Waals surface area contributed by atoms with Gasteiger partial charge in [-0.3, -0.25) is 0 Å². The molecular formula is C14H22S2. The molecule has 1 aliphatic heterocycles. The van der Waals surface area contributed by atoms with Gasteiger partial charge in [0.25, 0.3) is 0 Å². The molecule has 1 fully saturated rings. The summed E-state index contributed by atoms with van der Waals surface area (Å²) in [6, 6.07) is 0. The van der Waals surface area contributed by atoms with E-state index in [-0.39, 0.29) is 4.08 Å². The number of hydrogen-bond acceptors (Lipinski definition) is 2. The van der Waals surface area contributed by atoms with E-state index in [1.807, 2.05) is 0 Å². The van der Waals surface area contributed by atoms with Crippen LogP contribution in [0.4, 0.5) is 0 Å². The summed E-state index contributed by atoms with van der Waals surface area (Å²) in [5.41, 5.74) is 0.301. The smallest absolute Gasteiger partial charge is 0.0839 e. The molecular weight excluding hydrogens is 232 g/mol. The van der Waals surface area contributed by atoms with Gasteiger partial charge in [0, 0.05) is 6.42 Å². The second kappa shape index (κ2) is 6.07. The minimum Gasteiger partial charge on any atom is -0.139 e. The van der Waals surface area contributed by atoms with Crippen molar-refractivity contribution >= 4 is 23.5 Å². The molecule has 0 unspecified atom stereocenters. The molecule has 0 aromatic rings. The zero-order valence-corrected chi connectivity index (χ0v) is 12.2. The van der Waals surface area contributed by atoms with Gasteiger partial charge in [0.15, 0.2) is 0 Å². The van der Waals surface area contributed by atoms with Crippen LogP contribution >= 0.6 is 23.5 Å². The first-order valence-corrected chi connectivity index (χ1v) is 7.88. The van der Waals surface area contributed by atoms with Gasteiger partial charge in [-0.05, 0) is 29.8 Å². The van der Waals surface area contributed by atoms with Crippen molar-refractivity contribution in [2.45, 2.75) is 44.1 Å². The van der Waals surface area contributed by atoms with E-state index in [0.29, 0.717) is 5.41 Å². The Morgan fingerprint density at radius 2 is 1.94 bits per heavy atom. The molecule has 16 heavy (non-hydrogen) atoms. The van der Waals surface area contributed by atoms with Crippen molar-refractivity contribution in [3.63, 3.8) is 0 Å². The van der Waals surface area contributed by atoms with E-state index in [0.717, 1.165) is 12.8 Å². The molecule has 0 spiro atoms. The van der Waals surface area contributed by atoms with Crippen molar-refractivity contribution in [2.75, 3.05) is 11.5 Å². The summed E-state index contributed by atoms with van der Waals surface area (Å²) in [6.45, 7) is 7.01. The Bertz CT molecular complexity index is 272. The average molecular weight is 254 g/mol. The van der Waals surface area contributed by atoms with Crippen molar-refractivity contribution in [3.8, 4) is 12.3 Å². The van der Waals surface area contributed by atoms with Crippen molar-refractivity contribution in [1.29, 1.82) is 0 Å². The first-order chi connectivity index (χ1) is 7.52. The lowest BCUT2D eigenvalue weighted by molar-refractivity contribution is 0.407. The third-order valence-electron chi connectivity index (χ3n) is 2.76. The van der Waals surface area contributed by atoms with E-state index in [4.69, 9.17) is 6.42 Å². The Hall–Kier alpha value is -0.000000000000000111. The molecule has 0 saturated carbocycles. The maximum absolute atomic E-state index is 5.27. The zero-order chi connectivity index (χ0) is 12.1. The highest BCUT2D eigenvalue weighted by molar-refractivity contribution is 8.19. The van der Waals surface area contributed by atoms with Gasteiger partial charge >= 0.3 is 0 Å². The van der Waals surface area contributed by atoms with Gasteiger partial charge < -0.3 is 0 Å². The lowest BCUT2D eigenvalue weighted by atomic mass is 9.90. The highest BCUT2D eigenvalue weighted by Crippen LogP contribution is 2.54. The SMILES string of the molecule is C#CCCC=CC1(C(C)(C)C)SCCCS1. The monoisotopic (exact) mass is 254 g/mol. The largest absolute Gasteiger partial charge is 0.139 e. The van der Waals surface area contributed by atoms with Crippen LogP contribution in [0.1, 0.15) is 40.0 Å². The summed E-state index contributed by atoms with van der Waals surface area (Å²) in [7, 11) is 0. The van der Waals surface area contributed by atoms with E-state index in [1.165, 1.54) is 17.9 Å². The zero-order valence-electron chi connectivity index (χ0n) is 10.6. The molecule has 0 nitrogen and oxygen atoms in total. The molecule has 0 aromatic carbocycles. The Kier molecular flexibility index (Phi) is 5.34. The number of terminal acetylenes is 1. The number of allylic oxidation sites excluding steroid dienone is 1. The lowest BCUT2D eigenvalue weighted by Gasteiger charge is -2.44. The van der Waals surface area contributed by atoms with Gasteiger partial charge in [-0.2, -0.15) is 0 Å². The van der Waals surface area contributed by atoms with Crippen LogP contribution < -0.4 is 0 Å². The molecule has 1 aliphatic rings. The number of hydrogen-bond donors (Lipinski definition) is 0. The van der Waals surface area contributed by atoms with Gasteiger partial charge in [-0.1, -0.05) is 32.9 Å². The van der Waals surface area contributed by atoms with Gasteiger partial charge in [-0.15, -0.1) is 35.9 Å². The van der Waals surface area contributed by atoms with Crippen LogP contribution in [0, 0.1) is 17.8 Å². The van der Waals surface area contributed by atoms with Crippen molar-refractivity contribution in [2.24, 2.45) is 5.41 Å². The van der Waals surface area contributed by atoms with Crippen LogP contribution in [0.2, 0.25) is 0 Å². The molecule has 0 atom stereocenters. The Labute approximate surface area is 109 Å². The molecule has 0 aromatic heterocycles. The fourth-order valence-electron chi connectivity index (χ4n) is 1.73. The molecule has 0 N–H and O–H groups in total. The van der Waals surface area contributed by atoms with E-state index in [2.05, 4.69) is 62.4 Å².